The highest BCUT2D eigenvalue weighted by atomic mass is 32.2. The summed E-state index contributed by atoms with van der Waals surface area (Å²) >= 11 is 0. The smallest absolute Gasteiger partial charge is 0.407 e. The van der Waals surface area contributed by atoms with Crippen molar-refractivity contribution in [2.75, 3.05) is 25.9 Å². The number of hydrogen-bond acceptors (Lipinski definition) is 3. The van der Waals surface area contributed by atoms with Gasteiger partial charge < -0.3 is 10.0 Å². The molecule has 1 heterocycles. The van der Waals surface area contributed by atoms with Crippen molar-refractivity contribution in [3.63, 3.8) is 0 Å². The molecular weight excluding hydrogens is 270 g/mol. The summed E-state index contributed by atoms with van der Waals surface area (Å²) in [6.45, 7) is 0.148. The Hall–Kier alpha value is -0.960. The molecule has 1 saturated heterocycles. The molecule has 6 nitrogen and oxygen atoms in total. The average Bonchev–Trinajstić information content (AvgIpc) is 2.18. The molecule has 0 radical (unpaired) electrons. The molecule has 2 N–H and O–H groups in total. The van der Waals surface area contributed by atoms with E-state index in [1.807, 2.05) is 4.72 Å². The molecule has 0 aromatic carbocycles. The number of likely N-dealkylation sites (tertiary alicyclic amines) is 1. The summed E-state index contributed by atoms with van der Waals surface area (Å²) in [7, 11) is -3.58. The van der Waals surface area contributed by atoms with Crippen molar-refractivity contribution in [3.8, 4) is 0 Å². The van der Waals surface area contributed by atoms with Crippen LogP contribution < -0.4 is 4.72 Å². The van der Waals surface area contributed by atoms with Crippen molar-refractivity contribution in [2.45, 2.75) is 12.8 Å². The zero-order chi connectivity index (χ0) is 14.1. The first-order valence-corrected chi connectivity index (χ1v) is 7.23. The zero-order valence-electron chi connectivity index (χ0n) is 10.1. The standard InChI is InChI=1S/C9H16F2N2O4S/c1-6-4-13(8(14)15)5-7(9(6,10)11)3-12-18(2,16)17/h6-7,12H,3-5H2,1-2H3,(H,14,15). The minimum Gasteiger partial charge on any atom is -0.465 e. The molecule has 0 saturated carbocycles. The van der Waals surface area contributed by atoms with E-state index in [4.69, 9.17) is 5.11 Å². The van der Waals surface area contributed by atoms with Gasteiger partial charge in [-0.05, 0) is 0 Å². The number of carbonyl (C=O) groups is 1. The first kappa shape index (κ1) is 15.1. The molecular formula is C9H16F2N2O4S. The number of nitrogens with zero attached hydrogens (tertiary/aromatic N) is 1. The first-order valence-electron chi connectivity index (χ1n) is 5.34. The van der Waals surface area contributed by atoms with Gasteiger partial charge in [0.2, 0.25) is 10.0 Å². The Morgan fingerprint density at radius 3 is 2.50 bits per heavy atom. The maximum atomic E-state index is 13.8. The second kappa shape index (κ2) is 4.96. The fourth-order valence-electron chi connectivity index (χ4n) is 1.93. The number of piperidine rings is 1. The molecule has 1 amide bonds. The summed E-state index contributed by atoms with van der Waals surface area (Å²) in [6, 6.07) is 0. The second-order valence-corrected chi connectivity index (χ2v) is 6.41. The van der Waals surface area contributed by atoms with Crippen LogP contribution in [0, 0.1) is 11.8 Å². The monoisotopic (exact) mass is 286 g/mol. The Morgan fingerprint density at radius 2 is 2.06 bits per heavy atom. The van der Waals surface area contributed by atoms with Crippen LogP contribution in [0.4, 0.5) is 13.6 Å². The Kier molecular flexibility index (Phi) is 4.16. The number of halogens is 2. The number of sulfonamides is 1. The quantitative estimate of drug-likeness (QED) is 0.787. The van der Waals surface area contributed by atoms with Crippen molar-refractivity contribution in [1.82, 2.24) is 9.62 Å². The van der Waals surface area contributed by atoms with Gasteiger partial charge in [0.05, 0.1) is 12.2 Å². The Bertz CT molecular complexity index is 426. The first-order chi connectivity index (χ1) is 8.04. The molecule has 0 spiro atoms. The van der Waals surface area contributed by atoms with Gasteiger partial charge in [0.25, 0.3) is 5.92 Å². The molecule has 2 unspecified atom stereocenters. The molecule has 0 aromatic rings. The lowest BCUT2D eigenvalue weighted by molar-refractivity contribution is -0.136. The highest BCUT2D eigenvalue weighted by Gasteiger charge is 2.50. The Morgan fingerprint density at radius 1 is 1.50 bits per heavy atom. The van der Waals surface area contributed by atoms with Crippen molar-refractivity contribution in [2.24, 2.45) is 11.8 Å². The number of alkyl halides is 2. The summed E-state index contributed by atoms with van der Waals surface area (Å²) in [6.07, 6.45) is -0.409. The SMILES string of the molecule is CC1CN(C(=O)O)CC(CNS(C)(=O)=O)C1(F)F. The van der Waals surface area contributed by atoms with Crippen LogP contribution in [0.15, 0.2) is 0 Å². The number of carboxylic acid groups (broad SMARTS) is 1. The minimum absolute atomic E-state index is 0.252. The van der Waals surface area contributed by atoms with Crippen molar-refractivity contribution >= 4 is 16.1 Å². The molecule has 1 aliphatic rings. The van der Waals surface area contributed by atoms with Crippen LogP contribution in [0.2, 0.25) is 0 Å². The molecule has 1 aliphatic heterocycles. The number of hydrogen-bond donors (Lipinski definition) is 2. The zero-order valence-corrected chi connectivity index (χ0v) is 10.9. The van der Waals surface area contributed by atoms with E-state index in [1.54, 1.807) is 0 Å². The van der Waals surface area contributed by atoms with Crippen LogP contribution in [-0.2, 0) is 10.0 Å². The van der Waals surface area contributed by atoms with Crippen LogP contribution in [0.3, 0.4) is 0 Å². The van der Waals surface area contributed by atoms with Crippen LogP contribution >= 0.6 is 0 Å². The number of amides is 1. The maximum Gasteiger partial charge on any atom is 0.407 e. The van der Waals surface area contributed by atoms with Gasteiger partial charge >= 0.3 is 6.09 Å². The van der Waals surface area contributed by atoms with E-state index in [2.05, 4.69) is 0 Å². The van der Waals surface area contributed by atoms with Crippen LogP contribution in [-0.4, -0.2) is 56.3 Å². The van der Waals surface area contributed by atoms with Crippen molar-refractivity contribution in [3.05, 3.63) is 0 Å². The topological polar surface area (TPSA) is 86.7 Å². The molecule has 1 rings (SSSR count). The van der Waals surface area contributed by atoms with Gasteiger partial charge in [-0.2, -0.15) is 0 Å². The number of rotatable bonds is 3. The lowest BCUT2D eigenvalue weighted by Gasteiger charge is -2.41. The third-order valence-corrected chi connectivity index (χ3v) is 3.69. The number of nitrogens with one attached hydrogen (secondary N) is 1. The van der Waals surface area contributed by atoms with Gasteiger partial charge in [-0.1, -0.05) is 6.92 Å². The van der Waals surface area contributed by atoms with E-state index in [0.717, 1.165) is 11.2 Å². The van der Waals surface area contributed by atoms with Crippen LogP contribution in [0.5, 0.6) is 0 Å². The Balaban J connectivity index is 2.80. The summed E-state index contributed by atoms with van der Waals surface area (Å²) in [5, 5.41) is 8.81. The summed E-state index contributed by atoms with van der Waals surface area (Å²) in [5.41, 5.74) is 0. The van der Waals surface area contributed by atoms with E-state index in [-0.39, 0.29) is 13.1 Å². The lowest BCUT2D eigenvalue weighted by atomic mass is 9.86. The molecule has 9 heteroatoms. The highest BCUT2D eigenvalue weighted by molar-refractivity contribution is 7.88. The maximum absolute atomic E-state index is 13.8. The third-order valence-electron chi connectivity index (χ3n) is 3.00. The van der Waals surface area contributed by atoms with E-state index < -0.39 is 40.4 Å². The van der Waals surface area contributed by atoms with Crippen molar-refractivity contribution < 1.29 is 27.1 Å². The fraction of sp³-hybridized carbons (Fsp3) is 0.889. The summed E-state index contributed by atoms with van der Waals surface area (Å²) in [5.74, 6) is -5.59. The van der Waals surface area contributed by atoms with Gasteiger partial charge in [-0.25, -0.2) is 26.7 Å². The van der Waals surface area contributed by atoms with Crippen LogP contribution in [0.25, 0.3) is 0 Å². The minimum atomic E-state index is -3.58. The molecule has 18 heavy (non-hydrogen) atoms. The van der Waals surface area contributed by atoms with Gasteiger partial charge in [0.15, 0.2) is 0 Å². The van der Waals surface area contributed by atoms with E-state index in [9.17, 15) is 22.0 Å². The third kappa shape index (κ3) is 3.52. The lowest BCUT2D eigenvalue weighted by Crippen LogP contribution is -2.56. The van der Waals surface area contributed by atoms with Gasteiger partial charge in [0.1, 0.15) is 0 Å². The average molecular weight is 286 g/mol. The summed E-state index contributed by atoms with van der Waals surface area (Å²) in [4.78, 5) is 11.7. The largest absolute Gasteiger partial charge is 0.465 e. The van der Waals surface area contributed by atoms with Gasteiger partial charge in [0, 0.05) is 25.6 Å². The molecule has 0 aromatic heterocycles. The molecule has 2 atom stereocenters. The van der Waals surface area contributed by atoms with Gasteiger partial charge in [-0.15, -0.1) is 0 Å². The van der Waals surface area contributed by atoms with E-state index >= 15 is 0 Å². The van der Waals surface area contributed by atoms with Crippen LogP contribution in [0.1, 0.15) is 6.92 Å². The molecule has 106 valence electrons. The molecule has 0 aliphatic carbocycles. The molecule has 1 fully saturated rings. The van der Waals surface area contributed by atoms with Gasteiger partial charge in [-0.3, -0.25) is 0 Å². The normalized spacial score (nSPS) is 28.1. The van der Waals surface area contributed by atoms with E-state index in [0.29, 0.717) is 0 Å². The fourth-order valence-corrected chi connectivity index (χ4v) is 2.43. The second-order valence-electron chi connectivity index (χ2n) is 4.58. The predicted molar refractivity (Wildman–Crippen MR) is 60.0 cm³/mol. The van der Waals surface area contributed by atoms with Crippen molar-refractivity contribution in [1.29, 1.82) is 0 Å². The van der Waals surface area contributed by atoms with E-state index in [1.165, 1.54) is 6.92 Å². The highest BCUT2D eigenvalue weighted by Crippen LogP contribution is 2.37. The molecule has 0 bridgehead atoms. The predicted octanol–water partition coefficient (Wildman–Crippen LogP) is 0.417. The Labute approximate surface area is 104 Å². The summed E-state index contributed by atoms with van der Waals surface area (Å²) < 4.78 is 51.4.